The molecule has 6 heteroatoms. The number of rotatable bonds is 8. The van der Waals surface area contributed by atoms with Crippen molar-refractivity contribution in [2.24, 2.45) is 5.92 Å². The molecule has 0 unspecified atom stereocenters. The van der Waals surface area contributed by atoms with Crippen LogP contribution in [0.15, 0.2) is 53.7 Å². The normalized spacial score (nSPS) is 11.1. The van der Waals surface area contributed by atoms with E-state index in [0.717, 1.165) is 29.2 Å². The Hall–Kier alpha value is -2.47. The molecule has 0 saturated carbocycles. The number of thioether (sulfide) groups is 1. The van der Waals surface area contributed by atoms with Crippen molar-refractivity contribution in [1.29, 1.82) is 0 Å². The average Bonchev–Trinajstić information content (AvgIpc) is 3.02. The minimum Gasteiger partial charge on any atom is -0.495 e. The maximum absolute atomic E-state index is 12.4. The summed E-state index contributed by atoms with van der Waals surface area (Å²) in [7, 11) is 1.59. The number of carbonyl (C=O) groups is 1. The number of nitrogens with one attached hydrogen (secondary N) is 1. The number of nitrogens with zero attached hydrogens (tertiary/aromatic N) is 2. The molecule has 0 spiro atoms. The summed E-state index contributed by atoms with van der Waals surface area (Å²) < 4.78 is 7.50. The van der Waals surface area contributed by atoms with Crippen molar-refractivity contribution in [1.82, 2.24) is 9.55 Å². The number of para-hydroxylation sites is 4. The Kier molecular flexibility index (Phi) is 6.40. The van der Waals surface area contributed by atoms with Crippen molar-refractivity contribution in [3.05, 3.63) is 48.5 Å². The summed E-state index contributed by atoms with van der Waals surface area (Å²) in [5.74, 6) is 1.48. The van der Waals surface area contributed by atoms with Crippen LogP contribution in [0.3, 0.4) is 0 Å². The lowest BCUT2D eigenvalue weighted by Crippen LogP contribution is -2.15. The van der Waals surface area contributed by atoms with E-state index in [1.807, 2.05) is 42.5 Å². The molecule has 0 bridgehead atoms. The molecule has 0 aliphatic rings. The van der Waals surface area contributed by atoms with Crippen LogP contribution in [0.1, 0.15) is 20.3 Å². The molecule has 27 heavy (non-hydrogen) atoms. The summed E-state index contributed by atoms with van der Waals surface area (Å²) in [6, 6.07) is 15.5. The van der Waals surface area contributed by atoms with E-state index in [9.17, 15) is 4.79 Å². The monoisotopic (exact) mass is 383 g/mol. The molecule has 3 rings (SSSR count). The number of aryl methyl sites for hydroxylation is 1. The van der Waals surface area contributed by atoms with Gasteiger partial charge < -0.3 is 14.6 Å². The standard InChI is InChI=1S/C21H25N3O2S/c1-15(2)12-13-24-18-10-6-4-8-16(18)23-21(24)27-14-20(25)22-17-9-5-7-11-19(17)26-3/h4-11,15H,12-14H2,1-3H3,(H,22,25). The number of anilines is 1. The third kappa shape index (κ3) is 4.83. The average molecular weight is 384 g/mol. The van der Waals surface area contributed by atoms with E-state index in [-0.39, 0.29) is 5.91 Å². The van der Waals surface area contributed by atoms with Gasteiger partial charge in [0.15, 0.2) is 5.16 Å². The molecular formula is C21H25N3O2S. The number of hydrogen-bond acceptors (Lipinski definition) is 4. The Bertz CT molecular complexity index is 921. The zero-order valence-corrected chi connectivity index (χ0v) is 16.8. The number of benzene rings is 2. The zero-order valence-electron chi connectivity index (χ0n) is 15.9. The summed E-state index contributed by atoms with van der Waals surface area (Å²) in [5, 5.41) is 3.79. The molecule has 1 amide bonds. The molecule has 2 aromatic carbocycles. The van der Waals surface area contributed by atoms with Crippen LogP contribution in [-0.2, 0) is 11.3 Å². The predicted octanol–water partition coefficient (Wildman–Crippen LogP) is 4.82. The van der Waals surface area contributed by atoms with Crippen LogP contribution in [0.5, 0.6) is 5.75 Å². The van der Waals surface area contributed by atoms with E-state index in [2.05, 4.69) is 29.8 Å². The highest BCUT2D eigenvalue weighted by Crippen LogP contribution is 2.26. The smallest absolute Gasteiger partial charge is 0.234 e. The van der Waals surface area contributed by atoms with Crippen molar-refractivity contribution in [3.8, 4) is 5.75 Å². The number of amides is 1. The fourth-order valence-corrected chi connectivity index (χ4v) is 3.67. The van der Waals surface area contributed by atoms with Gasteiger partial charge in [0.25, 0.3) is 0 Å². The second-order valence-corrected chi connectivity index (χ2v) is 7.70. The Morgan fingerprint density at radius 1 is 1.19 bits per heavy atom. The van der Waals surface area contributed by atoms with Crippen LogP contribution in [0, 0.1) is 5.92 Å². The van der Waals surface area contributed by atoms with Gasteiger partial charge in [-0.2, -0.15) is 0 Å². The van der Waals surface area contributed by atoms with Crippen LogP contribution in [0.25, 0.3) is 11.0 Å². The van der Waals surface area contributed by atoms with E-state index in [1.54, 1.807) is 7.11 Å². The van der Waals surface area contributed by atoms with Gasteiger partial charge in [-0.05, 0) is 36.6 Å². The predicted molar refractivity (Wildman–Crippen MR) is 112 cm³/mol. The Morgan fingerprint density at radius 3 is 2.70 bits per heavy atom. The molecule has 0 fully saturated rings. The first-order valence-electron chi connectivity index (χ1n) is 9.09. The zero-order chi connectivity index (χ0) is 19.2. The van der Waals surface area contributed by atoms with Crippen LogP contribution in [-0.4, -0.2) is 28.3 Å². The molecule has 1 N–H and O–H groups in total. The number of carbonyl (C=O) groups excluding carboxylic acids is 1. The minimum absolute atomic E-state index is 0.0769. The molecule has 3 aromatic rings. The first-order valence-corrected chi connectivity index (χ1v) is 10.1. The molecule has 1 heterocycles. The van der Waals surface area contributed by atoms with Gasteiger partial charge in [0.2, 0.25) is 5.91 Å². The van der Waals surface area contributed by atoms with Crippen LogP contribution in [0.4, 0.5) is 5.69 Å². The molecule has 0 radical (unpaired) electrons. The van der Waals surface area contributed by atoms with Crippen molar-refractivity contribution in [2.75, 3.05) is 18.2 Å². The summed E-state index contributed by atoms with van der Waals surface area (Å²) in [6.07, 6.45) is 1.07. The third-order valence-corrected chi connectivity index (χ3v) is 5.24. The van der Waals surface area contributed by atoms with Gasteiger partial charge >= 0.3 is 0 Å². The molecule has 0 atom stereocenters. The number of hydrogen-bond donors (Lipinski definition) is 1. The van der Waals surface area contributed by atoms with Gasteiger partial charge in [-0.25, -0.2) is 4.98 Å². The first-order chi connectivity index (χ1) is 13.1. The molecule has 0 aliphatic carbocycles. The Balaban J connectivity index is 1.72. The highest BCUT2D eigenvalue weighted by Gasteiger charge is 2.14. The van der Waals surface area contributed by atoms with E-state index in [4.69, 9.17) is 9.72 Å². The lowest BCUT2D eigenvalue weighted by Gasteiger charge is -2.11. The van der Waals surface area contributed by atoms with Gasteiger partial charge in [-0.3, -0.25) is 4.79 Å². The van der Waals surface area contributed by atoms with Crippen molar-refractivity contribution in [2.45, 2.75) is 32.0 Å². The summed E-state index contributed by atoms with van der Waals surface area (Å²) in [4.78, 5) is 17.1. The summed E-state index contributed by atoms with van der Waals surface area (Å²) in [5.41, 5.74) is 2.76. The van der Waals surface area contributed by atoms with E-state index < -0.39 is 0 Å². The summed E-state index contributed by atoms with van der Waals surface area (Å²) in [6.45, 7) is 5.33. The Morgan fingerprint density at radius 2 is 1.93 bits per heavy atom. The highest BCUT2D eigenvalue weighted by atomic mass is 32.2. The quantitative estimate of drug-likeness (QED) is 0.567. The first kappa shape index (κ1) is 19.3. The van der Waals surface area contributed by atoms with Gasteiger partial charge in [-0.1, -0.05) is 49.9 Å². The molecule has 142 valence electrons. The number of imidazole rings is 1. The number of aromatic nitrogens is 2. The number of fused-ring (bicyclic) bond motifs is 1. The highest BCUT2D eigenvalue weighted by molar-refractivity contribution is 7.99. The number of methoxy groups -OCH3 is 1. The maximum Gasteiger partial charge on any atom is 0.234 e. The second-order valence-electron chi connectivity index (χ2n) is 6.75. The van der Waals surface area contributed by atoms with E-state index in [1.165, 1.54) is 11.8 Å². The summed E-state index contributed by atoms with van der Waals surface area (Å²) >= 11 is 1.46. The largest absolute Gasteiger partial charge is 0.495 e. The molecule has 0 aliphatic heterocycles. The lowest BCUT2D eigenvalue weighted by atomic mass is 10.1. The van der Waals surface area contributed by atoms with Crippen molar-refractivity contribution < 1.29 is 9.53 Å². The fourth-order valence-electron chi connectivity index (χ4n) is 2.83. The van der Waals surface area contributed by atoms with Crippen molar-refractivity contribution in [3.63, 3.8) is 0 Å². The molecule has 5 nitrogen and oxygen atoms in total. The molecule has 1 aromatic heterocycles. The minimum atomic E-state index is -0.0769. The van der Waals surface area contributed by atoms with Crippen LogP contribution >= 0.6 is 11.8 Å². The Labute approximate surface area is 164 Å². The lowest BCUT2D eigenvalue weighted by molar-refractivity contribution is -0.113. The topological polar surface area (TPSA) is 56.1 Å². The molecular weight excluding hydrogens is 358 g/mol. The van der Waals surface area contributed by atoms with Gasteiger partial charge in [0.1, 0.15) is 5.75 Å². The van der Waals surface area contributed by atoms with Crippen LogP contribution in [0.2, 0.25) is 0 Å². The number of ether oxygens (including phenoxy) is 1. The third-order valence-electron chi connectivity index (χ3n) is 4.26. The van der Waals surface area contributed by atoms with Gasteiger partial charge in [-0.15, -0.1) is 0 Å². The van der Waals surface area contributed by atoms with Gasteiger partial charge in [0.05, 0.1) is 29.6 Å². The van der Waals surface area contributed by atoms with E-state index in [0.29, 0.717) is 23.1 Å². The second kappa shape index (κ2) is 8.95. The fraction of sp³-hybridized carbons (Fsp3) is 0.333. The SMILES string of the molecule is COc1ccccc1NC(=O)CSc1nc2ccccc2n1CCC(C)C. The van der Waals surface area contributed by atoms with Crippen molar-refractivity contribution >= 4 is 34.4 Å². The van der Waals surface area contributed by atoms with Gasteiger partial charge in [0, 0.05) is 6.54 Å². The van der Waals surface area contributed by atoms with Crippen LogP contribution < -0.4 is 10.1 Å². The maximum atomic E-state index is 12.4. The van der Waals surface area contributed by atoms with E-state index >= 15 is 0 Å². The molecule has 0 saturated heterocycles.